The van der Waals surface area contributed by atoms with E-state index in [1.54, 1.807) is 0 Å². The Hall–Kier alpha value is -1.36. The minimum absolute atomic E-state index is 0.319. The number of hydrogen-bond acceptors (Lipinski definition) is 4. The van der Waals surface area contributed by atoms with Gasteiger partial charge < -0.3 is 18.9 Å². The molecule has 0 N–H and O–H groups in total. The minimum atomic E-state index is 0.319. The van der Waals surface area contributed by atoms with Crippen LogP contribution in [0.15, 0.2) is 46.8 Å². The lowest BCUT2D eigenvalue weighted by Gasteiger charge is -2.18. The van der Waals surface area contributed by atoms with E-state index in [4.69, 9.17) is 18.9 Å². The maximum atomic E-state index is 5.83. The molecular weight excluding hydrogens is 280 g/mol. The smallest absolute Gasteiger partial charge is 0.116 e. The number of rotatable bonds is 7. The third-order valence-electron chi connectivity index (χ3n) is 4.29. The average molecular weight is 302 g/mol. The molecular formula is C18H22O4. The lowest BCUT2D eigenvalue weighted by atomic mass is 9.94. The molecule has 2 atom stereocenters. The Balaban J connectivity index is 1.36. The highest BCUT2D eigenvalue weighted by atomic mass is 16.6. The van der Waals surface area contributed by atoms with Crippen molar-refractivity contribution < 1.29 is 18.9 Å². The van der Waals surface area contributed by atoms with Crippen molar-refractivity contribution in [3.05, 3.63) is 46.8 Å². The van der Waals surface area contributed by atoms with E-state index >= 15 is 0 Å². The van der Waals surface area contributed by atoms with Crippen LogP contribution in [0.25, 0.3) is 0 Å². The fourth-order valence-electron chi connectivity index (χ4n) is 2.72. The molecule has 118 valence electrons. The third-order valence-corrected chi connectivity index (χ3v) is 4.29. The van der Waals surface area contributed by atoms with E-state index in [-0.39, 0.29) is 0 Å². The van der Waals surface area contributed by atoms with Gasteiger partial charge in [0.25, 0.3) is 0 Å². The van der Waals surface area contributed by atoms with Gasteiger partial charge in [-0.25, -0.2) is 0 Å². The van der Waals surface area contributed by atoms with Crippen LogP contribution in [0.5, 0.6) is 0 Å². The van der Waals surface area contributed by atoms with Crippen molar-refractivity contribution in [1.82, 2.24) is 0 Å². The van der Waals surface area contributed by atoms with Gasteiger partial charge in [0.05, 0.1) is 32.2 Å². The number of allylic oxidation sites excluding steroid dienone is 7. The average Bonchev–Trinajstić information content (AvgIpc) is 3.40. The van der Waals surface area contributed by atoms with Crippen LogP contribution in [0.4, 0.5) is 0 Å². The molecule has 2 fully saturated rings. The van der Waals surface area contributed by atoms with E-state index in [1.807, 2.05) is 0 Å². The number of ether oxygens (including phenoxy) is 4. The normalized spacial score (nSPS) is 29.5. The van der Waals surface area contributed by atoms with Crippen LogP contribution in [0, 0.1) is 0 Å². The summed E-state index contributed by atoms with van der Waals surface area (Å²) in [6.45, 7) is 3.80. The highest BCUT2D eigenvalue weighted by molar-refractivity contribution is 5.48. The first kappa shape index (κ1) is 14.2. The van der Waals surface area contributed by atoms with Crippen LogP contribution in [0.2, 0.25) is 0 Å². The van der Waals surface area contributed by atoms with E-state index in [0.29, 0.717) is 32.0 Å². The second-order valence-electron chi connectivity index (χ2n) is 6.23. The van der Waals surface area contributed by atoms with Gasteiger partial charge in [-0.2, -0.15) is 0 Å². The molecule has 4 rings (SSSR count). The predicted molar refractivity (Wildman–Crippen MR) is 82.4 cm³/mol. The van der Waals surface area contributed by atoms with Crippen molar-refractivity contribution in [1.29, 1.82) is 0 Å². The molecule has 22 heavy (non-hydrogen) atoms. The Kier molecular flexibility index (Phi) is 4.15. The van der Waals surface area contributed by atoms with Gasteiger partial charge in [0.2, 0.25) is 0 Å². The first-order valence-corrected chi connectivity index (χ1v) is 8.10. The van der Waals surface area contributed by atoms with Gasteiger partial charge in [0, 0.05) is 6.42 Å². The first-order chi connectivity index (χ1) is 10.9. The summed E-state index contributed by atoms with van der Waals surface area (Å²) in [5, 5.41) is 0. The minimum Gasteiger partial charge on any atom is -0.495 e. The molecule has 0 aromatic carbocycles. The fourth-order valence-corrected chi connectivity index (χ4v) is 2.72. The van der Waals surface area contributed by atoms with Crippen LogP contribution in [-0.4, -0.2) is 45.2 Å². The number of fused-ring (bicyclic) bond motifs is 1. The quantitative estimate of drug-likeness (QED) is 0.678. The fraction of sp³-hybridized carbons (Fsp3) is 0.556. The molecule has 2 saturated heterocycles. The van der Waals surface area contributed by atoms with Crippen LogP contribution in [0.1, 0.15) is 19.3 Å². The van der Waals surface area contributed by atoms with Gasteiger partial charge in [-0.05, 0) is 35.6 Å². The van der Waals surface area contributed by atoms with Crippen molar-refractivity contribution in [3.8, 4) is 0 Å². The topological polar surface area (TPSA) is 43.5 Å². The standard InChI is InChI=1S/C18H22O4/c1-3-14-5-6-16(20-11-18-12-22-18)7-15(14)4-2-13(1)8-19-9-17-10-21-17/h2-4,7,17-18H,1,5-6,8-12H2. The summed E-state index contributed by atoms with van der Waals surface area (Å²) in [6.07, 6.45) is 12.6. The third kappa shape index (κ3) is 3.88. The molecule has 2 aliphatic carbocycles. The lowest BCUT2D eigenvalue weighted by Crippen LogP contribution is -2.06. The summed E-state index contributed by atoms with van der Waals surface area (Å²) >= 11 is 0. The maximum Gasteiger partial charge on any atom is 0.116 e. The molecule has 4 nitrogen and oxygen atoms in total. The molecule has 0 saturated carbocycles. The van der Waals surface area contributed by atoms with Crippen LogP contribution in [0.3, 0.4) is 0 Å². The molecule has 0 radical (unpaired) electrons. The number of hydrogen-bond donors (Lipinski definition) is 0. The molecule has 4 aliphatic rings. The van der Waals surface area contributed by atoms with E-state index in [2.05, 4.69) is 24.3 Å². The molecule has 0 aromatic heterocycles. The molecule has 0 bridgehead atoms. The van der Waals surface area contributed by atoms with Gasteiger partial charge in [-0.3, -0.25) is 0 Å². The lowest BCUT2D eigenvalue weighted by molar-refractivity contribution is 0.134. The summed E-state index contributed by atoms with van der Waals surface area (Å²) in [5.41, 5.74) is 4.02. The highest BCUT2D eigenvalue weighted by Crippen LogP contribution is 2.31. The zero-order valence-electron chi connectivity index (χ0n) is 12.8. The van der Waals surface area contributed by atoms with Gasteiger partial charge in [0.1, 0.15) is 18.8 Å². The van der Waals surface area contributed by atoms with Crippen molar-refractivity contribution in [2.45, 2.75) is 31.5 Å². The van der Waals surface area contributed by atoms with Crippen LogP contribution in [-0.2, 0) is 18.9 Å². The first-order valence-electron chi connectivity index (χ1n) is 8.10. The zero-order valence-corrected chi connectivity index (χ0v) is 12.8. The van der Waals surface area contributed by atoms with E-state index in [0.717, 1.165) is 38.2 Å². The van der Waals surface area contributed by atoms with Crippen molar-refractivity contribution >= 4 is 0 Å². The molecule has 0 amide bonds. The molecule has 0 spiro atoms. The predicted octanol–water partition coefficient (Wildman–Crippen LogP) is 2.68. The second-order valence-corrected chi connectivity index (χ2v) is 6.23. The van der Waals surface area contributed by atoms with E-state index in [1.165, 1.54) is 16.7 Å². The Bertz CT molecular complexity index is 547. The van der Waals surface area contributed by atoms with Crippen LogP contribution >= 0.6 is 0 Å². The monoisotopic (exact) mass is 302 g/mol. The Morgan fingerprint density at radius 2 is 1.86 bits per heavy atom. The molecule has 0 aromatic rings. The summed E-state index contributed by atoms with van der Waals surface area (Å²) in [5.74, 6) is 1.08. The largest absolute Gasteiger partial charge is 0.495 e. The van der Waals surface area contributed by atoms with Crippen LogP contribution < -0.4 is 0 Å². The van der Waals surface area contributed by atoms with Gasteiger partial charge in [0.15, 0.2) is 0 Å². The van der Waals surface area contributed by atoms with Gasteiger partial charge in [-0.1, -0.05) is 18.2 Å². The Labute approximate surface area is 131 Å². The number of epoxide rings is 2. The SMILES string of the molecule is C1=C(COCC2CO2)CC=C2CCC(OCC3CO3)=CC2=C1. The molecule has 2 heterocycles. The highest BCUT2D eigenvalue weighted by Gasteiger charge is 2.24. The van der Waals surface area contributed by atoms with Gasteiger partial charge >= 0.3 is 0 Å². The van der Waals surface area contributed by atoms with Crippen molar-refractivity contribution in [2.24, 2.45) is 0 Å². The van der Waals surface area contributed by atoms with Crippen molar-refractivity contribution in [3.63, 3.8) is 0 Å². The van der Waals surface area contributed by atoms with E-state index < -0.39 is 0 Å². The molecule has 2 unspecified atom stereocenters. The Morgan fingerprint density at radius 3 is 2.68 bits per heavy atom. The second kappa shape index (κ2) is 6.41. The summed E-state index contributed by atoms with van der Waals surface area (Å²) in [7, 11) is 0. The van der Waals surface area contributed by atoms with Crippen molar-refractivity contribution in [2.75, 3.05) is 33.0 Å². The van der Waals surface area contributed by atoms with Gasteiger partial charge in [-0.15, -0.1) is 0 Å². The maximum absolute atomic E-state index is 5.83. The molecule has 4 heteroatoms. The zero-order chi connectivity index (χ0) is 14.8. The Morgan fingerprint density at radius 1 is 1.05 bits per heavy atom. The summed E-state index contributed by atoms with van der Waals surface area (Å²) < 4.78 is 21.9. The molecule has 2 aliphatic heterocycles. The van der Waals surface area contributed by atoms with E-state index in [9.17, 15) is 0 Å². The summed E-state index contributed by atoms with van der Waals surface area (Å²) in [4.78, 5) is 0. The summed E-state index contributed by atoms with van der Waals surface area (Å²) in [6, 6.07) is 0.